The van der Waals surface area contributed by atoms with Crippen molar-refractivity contribution >= 4 is 0 Å². The third kappa shape index (κ3) is 3.44. The Morgan fingerprint density at radius 2 is 2.06 bits per heavy atom. The summed E-state index contributed by atoms with van der Waals surface area (Å²) in [6.07, 6.45) is 7.29. The number of allylic oxidation sites excluding steroid dienone is 1. The van der Waals surface area contributed by atoms with Crippen LogP contribution in [0.25, 0.3) is 0 Å². The van der Waals surface area contributed by atoms with Crippen molar-refractivity contribution < 1.29 is 5.11 Å². The number of aliphatic hydroxyl groups excluding tert-OH is 1. The standard InChI is InChI=1S/C16H22O/c1-12-7-8-13(2)15(9-12)10-14-5-3-4-6-16(17)11-14/h7-9,11,16-17H,3-6,10H2,1-2H3. The Hall–Kier alpha value is -1.08. The van der Waals surface area contributed by atoms with E-state index >= 15 is 0 Å². The molecule has 0 aliphatic heterocycles. The summed E-state index contributed by atoms with van der Waals surface area (Å²) in [6.45, 7) is 4.31. The molecule has 1 aliphatic rings. The molecule has 0 radical (unpaired) electrons. The van der Waals surface area contributed by atoms with Crippen LogP contribution in [0.1, 0.15) is 42.4 Å². The first-order valence-electron chi connectivity index (χ1n) is 6.59. The Morgan fingerprint density at radius 1 is 1.24 bits per heavy atom. The smallest absolute Gasteiger partial charge is 0.0723 e. The number of hydrogen-bond acceptors (Lipinski definition) is 1. The maximum Gasteiger partial charge on any atom is 0.0723 e. The molecule has 1 N–H and O–H groups in total. The fourth-order valence-corrected chi connectivity index (χ4v) is 2.53. The van der Waals surface area contributed by atoms with E-state index in [1.165, 1.54) is 28.7 Å². The van der Waals surface area contributed by atoms with E-state index in [2.05, 4.69) is 38.1 Å². The van der Waals surface area contributed by atoms with Crippen molar-refractivity contribution in [1.82, 2.24) is 0 Å². The van der Waals surface area contributed by atoms with Crippen molar-refractivity contribution in [3.8, 4) is 0 Å². The Labute approximate surface area is 104 Å². The molecule has 1 unspecified atom stereocenters. The van der Waals surface area contributed by atoms with Gasteiger partial charge in [0.25, 0.3) is 0 Å². The number of rotatable bonds is 2. The van der Waals surface area contributed by atoms with Gasteiger partial charge in [-0.25, -0.2) is 0 Å². The SMILES string of the molecule is Cc1ccc(C)c(CC2=CC(O)CCCC2)c1. The summed E-state index contributed by atoms with van der Waals surface area (Å²) >= 11 is 0. The van der Waals surface area contributed by atoms with Gasteiger partial charge in [-0.05, 0) is 50.7 Å². The lowest BCUT2D eigenvalue weighted by Gasteiger charge is -2.10. The molecular weight excluding hydrogens is 208 g/mol. The summed E-state index contributed by atoms with van der Waals surface area (Å²) in [5.41, 5.74) is 5.49. The largest absolute Gasteiger partial charge is 0.389 e. The Kier molecular flexibility index (Phi) is 4.01. The van der Waals surface area contributed by atoms with Gasteiger partial charge >= 0.3 is 0 Å². The lowest BCUT2D eigenvalue weighted by atomic mass is 9.96. The summed E-state index contributed by atoms with van der Waals surface area (Å²) in [6, 6.07) is 6.63. The minimum atomic E-state index is -0.224. The quantitative estimate of drug-likeness (QED) is 0.768. The second-order valence-electron chi connectivity index (χ2n) is 5.24. The van der Waals surface area contributed by atoms with Crippen LogP contribution in [0.15, 0.2) is 29.8 Å². The van der Waals surface area contributed by atoms with Crippen LogP contribution in [0.4, 0.5) is 0 Å². The first kappa shape index (κ1) is 12.4. The molecule has 1 heteroatoms. The molecule has 1 aromatic carbocycles. The van der Waals surface area contributed by atoms with Gasteiger partial charge < -0.3 is 5.11 Å². The maximum atomic E-state index is 9.79. The second kappa shape index (κ2) is 5.50. The van der Waals surface area contributed by atoms with Gasteiger partial charge in [-0.2, -0.15) is 0 Å². The molecule has 0 bridgehead atoms. The molecule has 0 aromatic heterocycles. The highest BCUT2D eigenvalue weighted by molar-refractivity contribution is 5.34. The van der Waals surface area contributed by atoms with E-state index < -0.39 is 0 Å². The van der Waals surface area contributed by atoms with E-state index in [1.807, 2.05) is 0 Å². The van der Waals surface area contributed by atoms with Crippen molar-refractivity contribution in [3.63, 3.8) is 0 Å². The number of aliphatic hydroxyl groups is 1. The monoisotopic (exact) mass is 230 g/mol. The summed E-state index contributed by atoms with van der Waals surface area (Å²) in [5, 5.41) is 9.79. The van der Waals surface area contributed by atoms with Crippen LogP contribution in [0, 0.1) is 13.8 Å². The van der Waals surface area contributed by atoms with Gasteiger partial charge in [0, 0.05) is 0 Å². The van der Waals surface area contributed by atoms with Crippen molar-refractivity contribution in [2.24, 2.45) is 0 Å². The van der Waals surface area contributed by atoms with E-state index in [-0.39, 0.29) is 6.10 Å². The number of benzene rings is 1. The highest BCUT2D eigenvalue weighted by Gasteiger charge is 2.10. The third-order valence-corrected chi connectivity index (χ3v) is 3.60. The third-order valence-electron chi connectivity index (χ3n) is 3.60. The summed E-state index contributed by atoms with van der Waals surface area (Å²) in [5.74, 6) is 0. The van der Waals surface area contributed by atoms with Crippen molar-refractivity contribution in [1.29, 1.82) is 0 Å². The van der Waals surface area contributed by atoms with Crippen LogP contribution in [0.3, 0.4) is 0 Å². The lowest BCUT2D eigenvalue weighted by Crippen LogP contribution is -2.01. The molecule has 92 valence electrons. The zero-order chi connectivity index (χ0) is 12.3. The average Bonchev–Trinajstić information content (AvgIpc) is 2.48. The Bertz CT molecular complexity index is 418. The van der Waals surface area contributed by atoms with Gasteiger partial charge in [0.1, 0.15) is 0 Å². The molecular formula is C16H22O. The van der Waals surface area contributed by atoms with Crippen LogP contribution in [-0.2, 0) is 6.42 Å². The molecule has 2 rings (SSSR count). The number of hydrogen-bond donors (Lipinski definition) is 1. The van der Waals surface area contributed by atoms with Crippen molar-refractivity contribution in [3.05, 3.63) is 46.5 Å². The molecule has 1 aromatic rings. The second-order valence-corrected chi connectivity index (χ2v) is 5.24. The summed E-state index contributed by atoms with van der Waals surface area (Å²) in [7, 11) is 0. The molecule has 0 amide bonds. The highest BCUT2D eigenvalue weighted by atomic mass is 16.3. The van der Waals surface area contributed by atoms with Crippen LogP contribution in [0.2, 0.25) is 0 Å². The van der Waals surface area contributed by atoms with Crippen LogP contribution < -0.4 is 0 Å². The normalized spacial score (nSPS) is 20.9. The van der Waals surface area contributed by atoms with Crippen molar-refractivity contribution in [2.75, 3.05) is 0 Å². The molecule has 17 heavy (non-hydrogen) atoms. The van der Waals surface area contributed by atoms with Crippen LogP contribution in [0.5, 0.6) is 0 Å². The van der Waals surface area contributed by atoms with Gasteiger partial charge in [-0.15, -0.1) is 0 Å². The summed E-state index contributed by atoms with van der Waals surface area (Å²) in [4.78, 5) is 0. The van der Waals surface area contributed by atoms with E-state index in [9.17, 15) is 5.11 Å². The van der Waals surface area contributed by atoms with Crippen molar-refractivity contribution in [2.45, 2.75) is 52.1 Å². The number of aryl methyl sites for hydroxylation is 2. The predicted molar refractivity (Wildman–Crippen MR) is 72.2 cm³/mol. The fraction of sp³-hybridized carbons (Fsp3) is 0.500. The van der Waals surface area contributed by atoms with Gasteiger partial charge in [0.05, 0.1) is 6.10 Å². The fourth-order valence-electron chi connectivity index (χ4n) is 2.53. The highest BCUT2D eigenvalue weighted by Crippen LogP contribution is 2.23. The molecule has 0 spiro atoms. The molecule has 0 saturated heterocycles. The zero-order valence-electron chi connectivity index (χ0n) is 10.9. The predicted octanol–water partition coefficient (Wildman–Crippen LogP) is 3.71. The van der Waals surface area contributed by atoms with Gasteiger partial charge in [-0.1, -0.05) is 41.8 Å². The van der Waals surface area contributed by atoms with E-state index in [0.29, 0.717) is 0 Å². The molecule has 1 aliphatic carbocycles. The molecule has 0 fully saturated rings. The maximum absolute atomic E-state index is 9.79. The zero-order valence-corrected chi connectivity index (χ0v) is 10.9. The Balaban J connectivity index is 2.16. The van der Waals surface area contributed by atoms with E-state index in [0.717, 1.165) is 25.7 Å². The van der Waals surface area contributed by atoms with Crippen LogP contribution in [-0.4, -0.2) is 11.2 Å². The van der Waals surface area contributed by atoms with Crippen LogP contribution >= 0.6 is 0 Å². The lowest BCUT2D eigenvalue weighted by molar-refractivity contribution is 0.211. The van der Waals surface area contributed by atoms with E-state index in [1.54, 1.807) is 0 Å². The summed E-state index contributed by atoms with van der Waals surface area (Å²) < 4.78 is 0. The van der Waals surface area contributed by atoms with Gasteiger partial charge in [-0.3, -0.25) is 0 Å². The van der Waals surface area contributed by atoms with Gasteiger partial charge in [0.15, 0.2) is 0 Å². The first-order chi connectivity index (χ1) is 8.15. The first-order valence-corrected chi connectivity index (χ1v) is 6.59. The topological polar surface area (TPSA) is 20.2 Å². The molecule has 0 heterocycles. The minimum absolute atomic E-state index is 0.224. The van der Waals surface area contributed by atoms with E-state index in [4.69, 9.17) is 0 Å². The molecule has 0 saturated carbocycles. The van der Waals surface area contributed by atoms with Gasteiger partial charge in [0.2, 0.25) is 0 Å². The minimum Gasteiger partial charge on any atom is -0.389 e. The Morgan fingerprint density at radius 3 is 2.88 bits per heavy atom. The molecule has 1 nitrogen and oxygen atoms in total. The molecule has 1 atom stereocenters. The average molecular weight is 230 g/mol.